The van der Waals surface area contributed by atoms with Crippen molar-refractivity contribution in [2.45, 2.75) is 32.4 Å². The second-order valence-corrected chi connectivity index (χ2v) is 6.41. The Labute approximate surface area is 148 Å². The van der Waals surface area contributed by atoms with E-state index < -0.39 is 0 Å². The van der Waals surface area contributed by atoms with Crippen molar-refractivity contribution in [1.29, 1.82) is 0 Å². The van der Waals surface area contributed by atoms with Crippen LogP contribution in [-0.4, -0.2) is 41.8 Å². The van der Waals surface area contributed by atoms with Crippen molar-refractivity contribution in [2.24, 2.45) is 0 Å². The molecule has 1 atom stereocenters. The van der Waals surface area contributed by atoms with Crippen molar-refractivity contribution < 1.29 is 4.79 Å². The van der Waals surface area contributed by atoms with E-state index in [1.165, 1.54) is 5.56 Å². The van der Waals surface area contributed by atoms with E-state index in [0.29, 0.717) is 19.1 Å². The molecule has 2 heterocycles. The zero-order valence-corrected chi connectivity index (χ0v) is 14.6. The summed E-state index contributed by atoms with van der Waals surface area (Å²) in [6.07, 6.45) is 3.93. The van der Waals surface area contributed by atoms with Gasteiger partial charge in [0.2, 0.25) is 5.91 Å². The van der Waals surface area contributed by atoms with Gasteiger partial charge in [-0.15, -0.1) is 5.10 Å². The Morgan fingerprint density at radius 2 is 2.16 bits per heavy atom. The predicted octanol–water partition coefficient (Wildman–Crippen LogP) is 1.66. The third-order valence-electron chi connectivity index (χ3n) is 4.63. The quantitative estimate of drug-likeness (QED) is 0.803. The lowest BCUT2D eigenvalue weighted by Crippen LogP contribution is -2.42. The van der Waals surface area contributed by atoms with Crippen LogP contribution in [0.2, 0.25) is 0 Å². The van der Waals surface area contributed by atoms with Gasteiger partial charge in [-0.05, 0) is 43.0 Å². The van der Waals surface area contributed by atoms with E-state index >= 15 is 0 Å². The first-order valence-electron chi connectivity index (χ1n) is 8.80. The first-order chi connectivity index (χ1) is 12.2. The number of aromatic nitrogens is 2. The average molecular weight is 339 g/mol. The van der Waals surface area contributed by atoms with Crippen LogP contribution in [0.5, 0.6) is 0 Å². The third-order valence-corrected chi connectivity index (χ3v) is 4.63. The highest BCUT2D eigenvalue weighted by Crippen LogP contribution is 2.22. The second kappa shape index (κ2) is 8.58. The average Bonchev–Trinajstić information content (AvgIpc) is 3.10. The van der Waals surface area contributed by atoms with Gasteiger partial charge in [-0.3, -0.25) is 4.79 Å². The summed E-state index contributed by atoms with van der Waals surface area (Å²) in [5.41, 5.74) is 2.35. The van der Waals surface area contributed by atoms with Crippen molar-refractivity contribution in [2.75, 3.05) is 24.5 Å². The number of carbonyl (C=O) groups is 1. The Hall–Kier alpha value is -2.47. The van der Waals surface area contributed by atoms with E-state index in [9.17, 15) is 4.79 Å². The molecule has 2 aromatic rings. The number of hydrogen-bond donors (Lipinski definition) is 2. The van der Waals surface area contributed by atoms with Crippen LogP contribution in [0, 0.1) is 6.92 Å². The van der Waals surface area contributed by atoms with Gasteiger partial charge in [0.15, 0.2) is 5.82 Å². The SMILES string of the molecule is Cc1ccccc1CNC(=O)CNC[C@H]1CCCN1c1cccnn1. The number of benzene rings is 1. The molecule has 1 amide bonds. The number of rotatable bonds is 7. The molecule has 25 heavy (non-hydrogen) atoms. The van der Waals surface area contributed by atoms with E-state index in [0.717, 1.165) is 37.3 Å². The third kappa shape index (κ3) is 4.76. The highest BCUT2D eigenvalue weighted by atomic mass is 16.1. The van der Waals surface area contributed by atoms with Crippen molar-refractivity contribution in [3.8, 4) is 0 Å². The number of carbonyl (C=O) groups excluding carboxylic acids is 1. The maximum Gasteiger partial charge on any atom is 0.234 e. The zero-order valence-electron chi connectivity index (χ0n) is 14.6. The van der Waals surface area contributed by atoms with Crippen molar-refractivity contribution in [1.82, 2.24) is 20.8 Å². The van der Waals surface area contributed by atoms with Gasteiger partial charge in [0.05, 0.1) is 6.54 Å². The summed E-state index contributed by atoms with van der Waals surface area (Å²) in [6.45, 7) is 4.72. The van der Waals surface area contributed by atoms with Gasteiger partial charge in [-0.1, -0.05) is 24.3 Å². The van der Waals surface area contributed by atoms with Gasteiger partial charge in [0.25, 0.3) is 0 Å². The molecule has 0 spiro atoms. The van der Waals surface area contributed by atoms with E-state index in [1.807, 2.05) is 30.3 Å². The Morgan fingerprint density at radius 3 is 2.96 bits per heavy atom. The Bertz CT molecular complexity index is 691. The number of anilines is 1. The molecule has 0 bridgehead atoms. The van der Waals surface area contributed by atoms with E-state index in [-0.39, 0.29) is 5.91 Å². The minimum absolute atomic E-state index is 0.0207. The lowest BCUT2D eigenvalue weighted by atomic mass is 10.1. The summed E-state index contributed by atoms with van der Waals surface area (Å²) in [4.78, 5) is 14.3. The molecule has 132 valence electrons. The number of hydrogen-bond acceptors (Lipinski definition) is 5. The number of nitrogens with one attached hydrogen (secondary N) is 2. The first-order valence-corrected chi connectivity index (χ1v) is 8.80. The molecule has 1 aromatic heterocycles. The van der Waals surface area contributed by atoms with Crippen LogP contribution in [-0.2, 0) is 11.3 Å². The van der Waals surface area contributed by atoms with Crippen LogP contribution in [0.3, 0.4) is 0 Å². The largest absolute Gasteiger partial charge is 0.351 e. The Kier molecular flexibility index (Phi) is 5.95. The summed E-state index contributed by atoms with van der Waals surface area (Å²) in [7, 11) is 0. The summed E-state index contributed by atoms with van der Waals surface area (Å²) in [5, 5.41) is 14.4. The van der Waals surface area contributed by atoms with E-state index in [1.54, 1.807) is 6.20 Å². The van der Waals surface area contributed by atoms with Gasteiger partial charge in [-0.25, -0.2) is 0 Å². The Morgan fingerprint density at radius 1 is 1.28 bits per heavy atom. The maximum atomic E-state index is 12.0. The van der Waals surface area contributed by atoms with Gasteiger partial charge in [0.1, 0.15) is 0 Å². The molecule has 1 saturated heterocycles. The fourth-order valence-electron chi connectivity index (χ4n) is 3.21. The summed E-state index contributed by atoms with van der Waals surface area (Å²) < 4.78 is 0. The molecular formula is C19H25N5O. The molecule has 0 saturated carbocycles. The van der Waals surface area contributed by atoms with Crippen LogP contribution >= 0.6 is 0 Å². The van der Waals surface area contributed by atoms with Gasteiger partial charge < -0.3 is 15.5 Å². The van der Waals surface area contributed by atoms with E-state index in [2.05, 4.69) is 38.7 Å². The van der Waals surface area contributed by atoms with Crippen LogP contribution in [0.4, 0.5) is 5.82 Å². The molecule has 2 N–H and O–H groups in total. The van der Waals surface area contributed by atoms with Crippen LogP contribution in [0.25, 0.3) is 0 Å². The molecule has 0 radical (unpaired) electrons. The zero-order chi connectivity index (χ0) is 17.5. The fraction of sp³-hybridized carbons (Fsp3) is 0.421. The predicted molar refractivity (Wildman–Crippen MR) is 98.3 cm³/mol. The molecule has 3 rings (SSSR count). The molecule has 1 aromatic carbocycles. The second-order valence-electron chi connectivity index (χ2n) is 6.41. The van der Waals surface area contributed by atoms with Crippen LogP contribution < -0.4 is 15.5 Å². The lowest BCUT2D eigenvalue weighted by Gasteiger charge is -2.25. The number of nitrogens with zero attached hydrogens (tertiary/aromatic N) is 3. The minimum Gasteiger partial charge on any atom is -0.351 e. The van der Waals surface area contributed by atoms with Crippen molar-refractivity contribution in [3.05, 3.63) is 53.7 Å². The summed E-state index contributed by atoms with van der Waals surface area (Å²) in [5.74, 6) is 0.933. The molecule has 6 heteroatoms. The van der Waals surface area contributed by atoms with E-state index in [4.69, 9.17) is 0 Å². The van der Waals surface area contributed by atoms with Crippen molar-refractivity contribution in [3.63, 3.8) is 0 Å². The monoisotopic (exact) mass is 339 g/mol. The summed E-state index contributed by atoms with van der Waals surface area (Å²) >= 11 is 0. The number of amides is 1. The van der Waals surface area contributed by atoms with Gasteiger partial charge >= 0.3 is 0 Å². The first kappa shape index (κ1) is 17.4. The minimum atomic E-state index is 0.0207. The molecule has 1 aliphatic rings. The molecule has 0 aliphatic carbocycles. The Balaban J connectivity index is 1.41. The molecular weight excluding hydrogens is 314 g/mol. The standard InChI is InChI=1S/C19H25N5O/c1-15-6-2-3-7-16(15)12-21-19(25)14-20-13-17-8-5-11-24(17)18-9-4-10-22-23-18/h2-4,6-7,9-10,17,20H,5,8,11-14H2,1H3,(H,21,25)/t17-/m1/s1. The fourth-order valence-corrected chi connectivity index (χ4v) is 3.21. The van der Waals surface area contributed by atoms with Crippen LogP contribution in [0.1, 0.15) is 24.0 Å². The number of aryl methyl sites for hydroxylation is 1. The van der Waals surface area contributed by atoms with Crippen LogP contribution in [0.15, 0.2) is 42.6 Å². The normalized spacial score (nSPS) is 16.8. The molecule has 1 aliphatic heterocycles. The molecule has 6 nitrogen and oxygen atoms in total. The smallest absolute Gasteiger partial charge is 0.234 e. The molecule has 0 unspecified atom stereocenters. The topological polar surface area (TPSA) is 70.2 Å². The van der Waals surface area contributed by atoms with Gasteiger partial charge in [0, 0.05) is 31.9 Å². The maximum absolute atomic E-state index is 12.0. The van der Waals surface area contributed by atoms with Crippen molar-refractivity contribution >= 4 is 11.7 Å². The highest BCUT2D eigenvalue weighted by Gasteiger charge is 2.25. The lowest BCUT2D eigenvalue weighted by molar-refractivity contribution is -0.120. The summed E-state index contributed by atoms with van der Waals surface area (Å²) in [6, 6.07) is 12.4. The van der Waals surface area contributed by atoms with Gasteiger partial charge in [-0.2, -0.15) is 5.10 Å². The molecule has 1 fully saturated rings. The highest BCUT2D eigenvalue weighted by molar-refractivity contribution is 5.78.